The third-order valence-electron chi connectivity index (χ3n) is 3.31. The van der Waals surface area contributed by atoms with E-state index in [-0.39, 0.29) is 11.7 Å². The van der Waals surface area contributed by atoms with Gasteiger partial charge < -0.3 is 9.84 Å². The van der Waals surface area contributed by atoms with Gasteiger partial charge in [0.05, 0.1) is 18.3 Å². The maximum atomic E-state index is 9.20. The first kappa shape index (κ1) is 12.0. The second-order valence-corrected chi connectivity index (χ2v) is 4.91. The van der Waals surface area contributed by atoms with Crippen LogP contribution >= 0.6 is 0 Å². The van der Waals surface area contributed by atoms with Gasteiger partial charge in [0, 0.05) is 0 Å². The highest BCUT2D eigenvalue weighted by atomic mass is 16.5. The molecular formula is C12H24O2. The van der Waals surface area contributed by atoms with Crippen LogP contribution < -0.4 is 0 Å². The van der Waals surface area contributed by atoms with E-state index in [1.807, 2.05) is 0 Å². The highest BCUT2D eigenvalue weighted by Crippen LogP contribution is 2.41. The van der Waals surface area contributed by atoms with E-state index in [1.165, 1.54) is 25.7 Å². The summed E-state index contributed by atoms with van der Waals surface area (Å²) in [6.07, 6.45) is 5.71. The van der Waals surface area contributed by atoms with E-state index >= 15 is 0 Å². The molecule has 0 saturated heterocycles. The molecule has 1 rings (SSSR count). The summed E-state index contributed by atoms with van der Waals surface area (Å²) in [4.78, 5) is 0. The van der Waals surface area contributed by atoms with Crippen LogP contribution in [0.1, 0.15) is 52.9 Å². The van der Waals surface area contributed by atoms with E-state index in [0.717, 1.165) is 12.3 Å². The second-order valence-electron chi connectivity index (χ2n) is 4.91. The van der Waals surface area contributed by atoms with E-state index in [0.29, 0.717) is 6.61 Å². The van der Waals surface area contributed by atoms with E-state index in [1.54, 1.807) is 6.92 Å². The molecule has 2 atom stereocenters. The third-order valence-corrected chi connectivity index (χ3v) is 3.31. The molecule has 84 valence electrons. The SMILES string of the molecule is CCC(C)CC1(OCC(C)O)CCC1. The van der Waals surface area contributed by atoms with E-state index < -0.39 is 0 Å². The van der Waals surface area contributed by atoms with Crippen molar-refractivity contribution in [1.29, 1.82) is 0 Å². The standard InChI is InChI=1S/C12H24O2/c1-4-10(2)8-12(6-5-7-12)14-9-11(3)13/h10-11,13H,4-9H2,1-3H3. The molecule has 2 unspecified atom stereocenters. The first-order valence-electron chi connectivity index (χ1n) is 5.90. The predicted molar refractivity (Wildman–Crippen MR) is 58.3 cm³/mol. The molecule has 2 heteroatoms. The first-order chi connectivity index (χ1) is 6.58. The van der Waals surface area contributed by atoms with Gasteiger partial charge in [-0.05, 0) is 38.5 Å². The van der Waals surface area contributed by atoms with Gasteiger partial charge in [-0.15, -0.1) is 0 Å². The zero-order valence-corrected chi connectivity index (χ0v) is 9.75. The molecule has 2 nitrogen and oxygen atoms in total. The first-order valence-corrected chi connectivity index (χ1v) is 5.90. The van der Waals surface area contributed by atoms with Gasteiger partial charge in [0.15, 0.2) is 0 Å². The molecule has 1 aliphatic rings. The van der Waals surface area contributed by atoms with Crippen LogP contribution in [-0.2, 0) is 4.74 Å². The van der Waals surface area contributed by atoms with Crippen molar-refractivity contribution in [3.05, 3.63) is 0 Å². The minimum absolute atomic E-state index is 0.117. The maximum Gasteiger partial charge on any atom is 0.0745 e. The van der Waals surface area contributed by atoms with Crippen LogP contribution in [0.25, 0.3) is 0 Å². The molecule has 1 aliphatic carbocycles. The summed E-state index contributed by atoms with van der Waals surface area (Å²) >= 11 is 0. The molecule has 0 aliphatic heterocycles. The molecule has 0 aromatic heterocycles. The number of aliphatic hydroxyl groups is 1. The Balaban J connectivity index is 2.33. The minimum Gasteiger partial charge on any atom is -0.391 e. The Morgan fingerprint density at radius 3 is 2.36 bits per heavy atom. The topological polar surface area (TPSA) is 29.5 Å². The number of ether oxygens (including phenoxy) is 1. The third kappa shape index (κ3) is 3.25. The Morgan fingerprint density at radius 2 is 2.00 bits per heavy atom. The molecule has 14 heavy (non-hydrogen) atoms. The molecule has 0 bridgehead atoms. The highest BCUT2D eigenvalue weighted by Gasteiger charge is 2.38. The van der Waals surface area contributed by atoms with Gasteiger partial charge in [-0.3, -0.25) is 0 Å². The molecule has 0 spiro atoms. The average molecular weight is 200 g/mol. The summed E-state index contributed by atoms with van der Waals surface area (Å²) in [5.74, 6) is 0.740. The minimum atomic E-state index is -0.329. The molecular weight excluding hydrogens is 176 g/mol. The van der Waals surface area contributed by atoms with Crippen molar-refractivity contribution in [3.8, 4) is 0 Å². The molecule has 0 radical (unpaired) electrons. The van der Waals surface area contributed by atoms with Crippen molar-refractivity contribution in [2.24, 2.45) is 5.92 Å². The van der Waals surface area contributed by atoms with E-state index in [4.69, 9.17) is 4.74 Å². The van der Waals surface area contributed by atoms with Gasteiger partial charge in [-0.1, -0.05) is 20.3 Å². The normalized spacial score (nSPS) is 24.0. The molecule has 1 saturated carbocycles. The molecule has 0 aromatic rings. The lowest BCUT2D eigenvalue weighted by molar-refractivity contribution is -0.132. The Bertz CT molecular complexity index is 162. The van der Waals surface area contributed by atoms with Crippen LogP contribution in [0, 0.1) is 5.92 Å². The summed E-state index contributed by atoms with van der Waals surface area (Å²) < 4.78 is 5.85. The maximum absolute atomic E-state index is 9.20. The Morgan fingerprint density at radius 1 is 1.36 bits per heavy atom. The highest BCUT2D eigenvalue weighted by molar-refractivity contribution is 4.91. The largest absolute Gasteiger partial charge is 0.391 e. The lowest BCUT2D eigenvalue weighted by Crippen LogP contribution is -2.43. The van der Waals surface area contributed by atoms with Crippen molar-refractivity contribution in [2.75, 3.05) is 6.61 Å². The van der Waals surface area contributed by atoms with Gasteiger partial charge in [0.25, 0.3) is 0 Å². The number of hydrogen-bond donors (Lipinski definition) is 1. The van der Waals surface area contributed by atoms with Crippen molar-refractivity contribution in [2.45, 2.75) is 64.6 Å². The van der Waals surface area contributed by atoms with Crippen LogP contribution in [0.3, 0.4) is 0 Å². The van der Waals surface area contributed by atoms with Crippen molar-refractivity contribution in [1.82, 2.24) is 0 Å². The van der Waals surface area contributed by atoms with Crippen LogP contribution in [0.15, 0.2) is 0 Å². The van der Waals surface area contributed by atoms with Gasteiger partial charge in [-0.2, -0.15) is 0 Å². The summed E-state index contributed by atoms with van der Waals surface area (Å²) in [6, 6.07) is 0. The molecule has 0 heterocycles. The van der Waals surface area contributed by atoms with Crippen molar-refractivity contribution >= 4 is 0 Å². The average Bonchev–Trinajstić information content (AvgIpc) is 2.08. The number of aliphatic hydroxyl groups excluding tert-OH is 1. The quantitative estimate of drug-likeness (QED) is 0.714. The predicted octanol–water partition coefficient (Wildman–Crippen LogP) is 2.74. The Kier molecular flexibility index (Phi) is 4.39. The monoisotopic (exact) mass is 200 g/mol. The van der Waals surface area contributed by atoms with Crippen LogP contribution in [0.2, 0.25) is 0 Å². The second kappa shape index (κ2) is 5.13. The zero-order valence-electron chi connectivity index (χ0n) is 9.75. The van der Waals surface area contributed by atoms with Gasteiger partial charge in [-0.25, -0.2) is 0 Å². The summed E-state index contributed by atoms with van der Waals surface area (Å²) in [5.41, 5.74) is 0.117. The lowest BCUT2D eigenvalue weighted by Gasteiger charge is -2.43. The lowest BCUT2D eigenvalue weighted by atomic mass is 9.74. The summed E-state index contributed by atoms with van der Waals surface area (Å²) in [7, 11) is 0. The fraction of sp³-hybridized carbons (Fsp3) is 1.00. The van der Waals surface area contributed by atoms with E-state index in [9.17, 15) is 5.11 Å². The molecule has 1 fully saturated rings. The van der Waals surface area contributed by atoms with Crippen LogP contribution in [0.4, 0.5) is 0 Å². The number of rotatable bonds is 6. The molecule has 0 amide bonds. The Hall–Kier alpha value is -0.0800. The summed E-state index contributed by atoms with van der Waals surface area (Å²) in [5, 5.41) is 9.20. The zero-order chi connectivity index (χ0) is 10.6. The number of hydrogen-bond acceptors (Lipinski definition) is 2. The van der Waals surface area contributed by atoms with Crippen LogP contribution in [-0.4, -0.2) is 23.4 Å². The van der Waals surface area contributed by atoms with Gasteiger partial charge >= 0.3 is 0 Å². The van der Waals surface area contributed by atoms with Crippen molar-refractivity contribution in [3.63, 3.8) is 0 Å². The molecule has 1 N–H and O–H groups in total. The van der Waals surface area contributed by atoms with E-state index in [2.05, 4.69) is 13.8 Å². The van der Waals surface area contributed by atoms with Gasteiger partial charge in [0.2, 0.25) is 0 Å². The van der Waals surface area contributed by atoms with Crippen LogP contribution in [0.5, 0.6) is 0 Å². The molecule has 0 aromatic carbocycles. The summed E-state index contributed by atoms with van der Waals surface area (Å²) in [6.45, 7) is 6.80. The fourth-order valence-corrected chi connectivity index (χ4v) is 2.06. The Labute approximate surface area is 87.7 Å². The van der Waals surface area contributed by atoms with Crippen molar-refractivity contribution < 1.29 is 9.84 Å². The van der Waals surface area contributed by atoms with Gasteiger partial charge in [0.1, 0.15) is 0 Å². The fourth-order valence-electron chi connectivity index (χ4n) is 2.06. The smallest absolute Gasteiger partial charge is 0.0745 e.